The molecule has 0 aromatic heterocycles. The van der Waals surface area contributed by atoms with E-state index < -0.39 is 6.29 Å². The minimum atomic E-state index is -0.762. The second-order valence-corrected chi connectivity index (χ2v) is 3.18. The Morgan fingerprint density at radius 1 is 1.12 bits per heavy atom. The molecule has 4 nitrogen and oxygen atoms in total. The maximum absolute atomic E-state index is 11.7. The van der Waals surface area contributed by atoms with E-state index in [9.17, 15) is 4.79 Å². The third-order valence-corrected chi connectivity index (χ3v) is 2.13. The topological polar surface area (TPSA) is 38.8 Å². The van der Waals surface area contributed by atoms with Gasteiger partial charge >= 0.3 is 0 Å². The van der Waals surface area contributed by atoms with E-state index in [0.29, 0.717) is 13.2 Å². The molecule has 16 heavy (non-hydrogen) atoms. The lowest BCUT2D eigenvalue weighted by molar-refractivity contribution is -0.163. The van der Waals surface area contributed by atoms with Crippen LogP contribution in [0.1, 0.15) is 27.7 Å². The van der Waals surface area contributed by atoms with Gasteiger partial charge in [0, 0.05) is 38.6 Å². The van der Waals surface area contributed by atoms with Crippen molar-refractivity contribution in [1.82, 2.24) is 4.90 Å². The maximum Gasteiger partial charge on any atom is 0.222 e. The van der Waals surface area contributed by atoms with Crippen LogP contribution in [0.5, 0.6) is 0 Å². The van der Waals surface area contributed by atoms with E-state index >= 15 is 0 Å². The van der Waals surface area contributed by atoms with E-state index in [1.807, 2.05) is 32.6 Å². The van der Waals surface area contributed by atoms with Gasteiger partial charge in [-0.3, -0.25) is 4.79 Å². The number of nitrogens with zero attached hydrogens (tertiary/aromatic N) is 1. The summed E-state index contributed by atoms with van der Waals surface area (Å²) in [5, 5.41) is 0. The van der Waals surface area contributed by atoms with Crippen LogP contribution in [0.4, 0.5) is 0 Å². The molecule has 0 aromatic rings. The Labute approximate surface area is 98.2 Å². The highest BCUT2D eigenvalue weighted by Crippen LogP contribution is 1.99. The van der Waals surface area contributed by atoms with Gasteiger partial charge in [-0.1, -0.05) is 0 Å². The first-order valence-corrected chi connectivity index (χ1v) is 5.88. The molecule has 0 heterocycles. The predicted octanol–water partition coefficient (Wildman–Crippen LogP) is 1.81. The number of hydrogen-bond donors (Lipinski definition) is 0. The van der Waals surface area contributed by atoms with Gasteiger partial charge in [0.1, 0.15) is 0 Å². The molecule has 0 aliphatic rings. The Morgan fingerprint density at radius 3 is 2.00 bits per heavy atom. The summed E-state index contributed by atoms with van der Waals surface area (Å²) in [6.07, 6.45) is 2.54. The van der Waals surface area contributed by atoms with Crippen molar-refractivity contribution in [3.8, 4) is 0 Å². The molecule has 0 aliphatic carbocycles. The molecule has 0 amide bonds. The summed E-state index contributed by atoms with van der Waals surface area (Å²) in [5.41, 5.74) is 0. The van der Waals surface area contributed by atoms with E-state index in [2.05, 4.69) is 0 Å². The van der Waals surface area contributed by atoms with Crippen LogP contribution in [0, 0.1) is 0 Å². The molecular formula is C12H23NO3. The molecule has 94 valence electrons. The zero-order valence-electron chi connectivity index (χ0n) is 10.7. The highest BCUT2D eigenvalue weighted by molar-refractivity contribution is 5.92. The Balaban J connectivity index is 4.27. The van der Waals surface area contributed by atoms with Gasteiger partial charge in [0.15, 0.2) is 0 Å². The summed E-state index contributed by atoms with van der Waals surface area (Å²) < 4.78 is 10.4. The molecule has 0 aromatic carbocycles. The van der Waals surface area contributed by atoms with Crippen LogP contribution in [-0.4, -0.2) is 43.3 Å². The van der Waals surface area contributed by atoms with E-state index in [1.54, 1.807) is 6.20 Å². The standard InChI is InChI=1S/C12H23NO3/c1-5-13(6-2)10-9-11(14)12(15-7-3)16-8-4/h9-10,12H,5-8H2,1-4H3/b10-9+. The Morgan fingerprint density at radius 2 is 1.62 bits per heavy atom. The van der Waals surface area contributed by atoms with Crippen molar-refractivity contribution in [2.24, 2.45) is 0 Å². The monoisotopic (exact) mass is 229 g/mol. The van der Waals surface area contributed by atoms with E-state index in [1.165, 1.54) is 6.08 Å². The van der Waals surface area contributed by atoms with Gasteiger partial charge in [0.2, 0.25) is 12.1 Å². The van der Waals surface area contributed by atoms with Crippen LogP contribution in [0.25, 0.3) is 0 Å². The van der Waals surface area contributed by atoms with Gasteiger partial charge in [-0.2, -0.15) is 0 Å². The van der Waals surface area contributed by atoms with Gasteiger partial charge < -0.3 is 14.4 Å². The largest absolute Gasteiger partial charge is 0.378 e. The summed E-state index contributed by atoms with van der Waals surface area (Å²) in [5.74, 6) is -0.143. The molecule has 0 N–H and O–H groups in total. The minimum absolute atomic E-state index is 0.143. The first-order valence-electron chi connectivity index (χ1n) is 5.88. The molecular weight excluding hydrogens is 206 g/mol. The highest BCUT2D eigenvalue weighted by Gasteiger charge is 2.15. The molecule has 0 saturated carbocycles. The number of ether oxygens (including phenoxy) is 2. The summed E-state index contributed by atoms with van der Waals surface area (Å²) in [6, 6.07) is 0. The summed E-state index contributed by atoms with van der Waals surface area (Å²) in [7, 11) is 0. The molecule has 0 rings (SSSR count). The molecule has 0 saturated heterocycles. The minimum Gasteiger partial charge on any atom is -0.378 e. The van der Waals surface area contributed by atoms with Crippen molar-refractivity contribution in [3.05, 3.63) is 12.3 Å². The highest BCUT2D eigenvalue weighted by atomic mass is 16.7. The number of hydrogen-bond acceptors (Lipinski definition) is 4. The number of carbonyl (C=O) groups excluding carboxylic acids is 1. The van der Waals surface area contributed by atoms with Crippen molar-refractivity contribution >= 4 is 5.78 Å². The normalized spacial score (nSPS) is 11.3. The fraction of sp³-hybridized carbons (Fsp3) is 0.750. The quantitative estimate of drug-likeness (QED) is 0.446. The number of carbonyl (C=O) groups is 1. The van der Waals surface area contributed by atoms with E-state index in [0.717, 1.165) is 13.1 Å². The Bertz CT molecular complexity index is 206. The third kappa shape index (κ3) is 5.88. The lowest BCUT2D eigenvalue weighted by Gasteiger charge is -2.16. The van der Waals surface area contributed by atoms with Crippen molar-refractivity contribution in [1.29, 1.82) is 0 Å². The third-order valence-electron chi connectivity index (χ3n) is 2.13. The van der Waals surface area contributed by atoms with Crippen molar-refractivity contribution < 1.29 is 14.3 Å². The van der Waals surface area contributed by atoms with Gasteiger partial charge in [0.25, 0.3) is 0 Å². The number of ketones is 1. The molecule has 4 heteroatoms. The van der Waals surface area contributed by atoms with Gasteiger partial charge in [-0.25, -0.2) is 0 Å². The fourth-order valence-electron chi connectivity index (χ4n) is 1.21. The average molecular weight is 229 g/mol. The van der Waals surface area contributed by atoms with E-state index in [4.69, 9.17) is 9.47 Å². The van der Waals surface area contributed by atoms with Crippen LogP contribution in [0.3, 0.4) is 0 Å². The molecule has 0 radical (unpaired) electrons. The second-order valence-electron chi connectivity index (χ2n) is 3.18. The second kappa shape index (κ2) is 9.36. The summed E-state index contributed by atoms with van der Waals surface area (Å²) in [6.45, 7) is 10.5. The average Bonchev–Trinajstić information content (AvgIpc) is 2.30. The van der Waals surface area contributed by atoms with Crippen molar-refractivity contribution in [2.45, 2.75) is 34.0 Å². The van der Waals surface area contributed by atoms with Gasteiger partial charge in [-0.15, -0.1) is 0 Å². The smallest absolute Gasteiger partial charge is 0.222 e. The van der Waals surface area contributed by atoms with Crippen LogP contribution in [0.2, 0.25) is 0 Å². The maximum atomic E-state index is 11.7. The Hall–Kier alpha value is -0.870. The van der Waals surface area contributed by atoms with Crippen LogP contribution >= 0.6 is 0 Å². The zero-order chi connectivity index (χ0) is 12.4. The lowest BCUT2D eigenvalue weighted by atomic mass is 10.3. The first kappa shape index (κ1) is 15.1. The summed E-state index contributed by atoms with van der Waals surface area (Å²) in [4.78, 5) is 13.7. The van der Waals surface area contributed by atoms with Crippen LogP contribution in [0.15, 0.2) is 12.3 Å². The van der Waals surface area contributed by atoms with Gasteiger partial charge in [-0.05, 0) is 27.7 Å². The van der Waals surface area contributed by atoms with Crippen molar-refractivity contribution in [2.75, 3.05) is 26.3 Å². The lowest BCUT2D eigenvalue weighted by Crippen LogP contribution is -2.27. The molecule has 0 aliphatic heterocycles. The van der Waals surface area contributed by atoms with Crippen LogP contribution < -0.4 is 0 Å². The number of rotatable bonds is 9. The van der Waals surface area contributed by atoms with Gasteiger partial charge in [0.05, 0.1) is 0 Å². The molecule has 0 fully saturated rings. The predicted molar refractivity (Wildman–Crippen MR) is 64.1 cm³/mol. The van der Waals surface area contributed by atoms with Crippen LogP contribution in [-0.2, 0) is 14.3 Å². The van der Waals surface area contributed by atoms with Crippen molar-refractivity contribution in [3.63, 3.8) is 0 Å². The fourth-order valence-corrected chi connectivity index (χ4v) is 1.21. The SMILES string of the molecule is CCOC(OCC)C(=O)/C=C/N(CC)CC. The van der Waals surface area contributed by atoms with E-state index in [-0.39, 0.29) is 5.78 Å². The molecule has 0 atom stereocenters. The zero-order valence-corrected chi connectivity index (χ0v) is 10.7. The molecule has 0 spiro atoms. The molecule has 0 bridgehead atoms. The molecule has 0 unspecified atom stereocenters. The first-order chi connectivity index (χ1) is 7.69. The summed E-state index contributed by atoms with van der Waals surface area (Å²) >= 11 is 0. The Kier molecular flexibility index (Phi) is 8.85.